The van der Waals surface area contributed by atoms with Crippen molar-refractivity contribution in [3.05, 3.63) is 59.7 Å². The maximum absolute atomic E-state index is 13.7. The Labute approximate surface area is 216 Å². The third-order valence-corrected chi connectivity index (χ3v) is 7.33. The number of likely N-dealkylation sites (tertiary alicyclic amines) is 1. The molecule has 6 heteroatoms. The first kappa shape index (κ1) is 26.2. The molecule has 0 aromatic heterocycles. The summed E-state index contributed by atoms with van der Waals surface area (Å²) in [5.41, 5.74) is 2.58. The van der Waals surface area contributed by atoms with Gasteiger partial charge in [0, 0.05) is 44.4 Å². The fourth-order valence-corrected chi connectivity index (χ4v) is 5.29. The van der Waals surface area contributed by atoms with Gasteiger partial charge in [-0.25, -0.2) is 0 Å². The first-order valence-corrected chi connectivity index (χ1v) is 13.7. The molecule has 1 saturated heterocycles. The van der Waals surface area contributed by atoms with E-state index in [0.717, 1.165) is 81.7 Å². The molecule has 2 aromatic carbocycles. The molecule has 2 aromatic rings. The molecule has 0 radical (unpaired) electrons. The average Bonchev–Trinajstić information content (AvgIpc) is 3.41. The number of amides is 2. The Morgan fingerprint density at radius 3 is 2.28 bits per heavy atom. The minimum Gasteiger partial charge on any atom is -0.492 e. The van der Waals surface area contributed by atoms with Crippen molar-refractivity contribution in [2.75, 3.05) is 44.2 Å². The first-order valence-electron chi connectivity index (χ1n) is 13.7. The second-order valence-corrected chi connectivity index (χ2v) is 10.1. The summed E-state index contributed by atoms with van der Waals surface area (Å²) in [5, 5.41) is 0. The molecule has 4 rings (SSSR count). The fourth-order valence-electron chi connectivity index (χ4n) is 5.29. The molecule has 1 fully saturated rings. The lowest BCUT2D eigenvalue weighted by Crippen LogP contribution is -2.34. The van der Waals surface area contributed by atoms with E-state index in [2.05, 4.69) is 4.90 Å². The number of anilines is 1. The smallest absolute Gasteiger partial charge is 0.254 e. The summed E-state index contributed by atoms with van der Waals surface area (Å²) in [6.45, 7) is 7.40. The van der Waals surface area contributed by atoms with E-state index in [1.165, 1.54) is 12.8 Å². The van der Waals surface area contributed by atoms with Gasteiger partial charge in [-0.1, -0.05) is 49.9 Å². The fraction of sp³-hybridized carbons (Fsp3) is 0.533. The van der Waals surface area contributed by atoms with Crippen molar-refractivity contribution in [2.24, 2.45) is 0 Å². The van der Waals surface area contributed by atoms with Gasteiger partial charge in [0.05, 0.1) is 0 Å². The van der Waals surface area contributed by atoms with Crippen LogP contribution in [0.1, 0.15) is 74.2 Å². The predicted octanol–water partition coefficient (Wildman–Crippen LogP) is 5.51. The van der Waals surface area contributed by atoms with Gasteiger partial charge in [0.2, 0.25) is 5.91 Å². The summed E-state index contributed by atoms with van der Waals surface area (Å²) in [6, 6.07) is 15.6. The van der Waals surface area contributed by atoms with Crippen molar-refractivity contribution in [1.29, 1.82) is 0 Å². The van der Waals surface area contributed by atoms with Gasteiger partial charge < -0.3 is 14.5 Å². The Morgan fingerprint density at radius 2 is 1.50 bits per heavy atom. The van der Waals surface area contributed by atoms with Crippen LogP contribution in [-0.2, 0) is 11.3 Å². The molecule has 0 N–H and O–H groups in total. The van der Waals surface area contributed by atoms with Crippen LogP contribution in [0.15, 0.2) is 48.5 Å². The van der Waals surface area contributed by atoms with Crippen LogP contribution in [0.2, 0.25) is 0 Å². The largest absolute Gasteiger partial charge is 0.492 e. The molecular formula is C30H41N3O3. The van der Waals surface area contributed by atoms with Crippen LogP contribution in [0.4, 0.5) is 5.69 Å². The zero-order valence-corrected chi connectivity index (χ0v) is 21.8. The molecule has 2 aliphatic rings. The number of hydrogen-bond donors (Lipinski definition) is 0. The summed E-state index contributed by atoms with van der Waals surface area (Å²) >= 11 is 0. The third-order valence-electron chi connectivity index (χ3n) is 7.33. The van der Waals surface area contributed by atoms with Crippen molar-refractivity contribution in [3.8, 4) is 5.75 Å². The summed E-state index contributed by atoms with van der Waals surface area (Å²) in [6.07, 6.45) is 9.09. The highest BCUT2D eigenvalue weighted by atomic mass is 16.5. The SMILES string of the molecule is CC(=O)N1CCCCCCCCN(C(=O)c2cccc(OCCN3CCCC3)c2)Cc2ccccc21. The molecule has 0 saturated carbocycles. The number of fused-ring (bicyclic) bond motifs is 1. The highest BCUT2D eigenvalue weighted by Gasteiger charge is 2.21. The van der Waals surface area contributed by atoms with Crippen LogP contribution in [0.3, 0.4) is 0 Å². The average molecular weight is 492 g/mol. The van der Waals surface area contributed by atoms with Crippen LogP contribution in [0.5, 0.6) is 5.75 Å². The number of carbonyl (C=O) groups is 2. The van der Waals surface area contributed by atoms with Crippen molar-refractivity contribution in [1.82, 2.24) is 9.80 Å². The molecule has 2 aliphatic heterocycles. The maximum atomic E-state index is 13.7. The summed E-state index contributed by atoms with van der Waals surface area (Å²) in [4.78, 5) is 32.5. The molecule has 2 amide bonds. The molecule has 0 spiro atoms. The lowest BCUT2D eigenvalue weighted by atomic mass is 10.1. The monoisotopic (exact) mass is 491 g/mol. The number of para-hydroxylation sites is 1. The number of ether oxygens (including phenoxy) is 1. The summed E-state index contributed by atoms with van der Waals surface area (Å²) in [5.74, 6) is 0.807. The van der Waals surface area contributed by atoms with Crippen LogP contribution < -0.4 is 9.64 Å². The highest BCUT2D eigenvalue weighted by Crippen LogP contribution is 2.25. The van der Waals surface area contributed by atoms with Gasteiger partial charge in [0.1, 0.15) is 12.4 Å². The van der Waals surface area contributed by atoms with Crippen LogP contribution in [0, 0.1) is 0 Å². The van der Waals surface area contributed by atoms with Gasteiger partial charge >= 0.3 is 0 Å². The Morgan fingerprint density at radius 1 is 0.806 bits per heavy atom. The van der Waals surface area contributed by atoms with Crippen molar-refractivity contribution in [2.45, 2.75) is 64.8 Å². The molecule has 0 bridgehead atoms. The summed E-state index contributed by atoms with van der Waals surface area (Å²) < 4.78 is 6.01. The minimum absolute atomic E-state index is 0.0130. The number of rotatable bonds is 5. The Kier molecular flexibility index (Phi) is 9.79. The van der Waals surface area contributed by atoms with Crippen molar-refractivity contribution < 1.29 is 14.3 Å². The third kappa shape index (κ3) is 7.33. The van der Waals surface area contributed by atoms with E-state index in [1.54, 1.807) is 6.92 Å². The number of hydrogen-bond acceptors (Lipinski definition) is 4. The molecule has 0 unspecified atom stereocenters. The van der Waals surface area contributed by atoms with Gasteiger partial charge in [-0.15, -0.1) is 0 Å². The van der Waals surface area contributed by atoms with Gasteiger partial charge in [-0.2, -0.15) is 0 Å². The Bertz CT molecular complexity index is 1000. The van der Waals surface area contributed by atoms with E-state index in [4.69, 9.17) is 4.74 Å². The number of benzene rings is 2. The second kappa shape index (κ2) is 13.4. The molecule has 36 heavy (non-hydrogen) atoms. The number of carbonyl (C=O) groups excluding carboxylic acids is 2. The molecule has 194 valence electrons. The predicted molar refractivity (Wildman–Crippen MR) is 145 cm³/mol. The first-order chi connectivity index (χ1) is 17.6. The zero-order valence-electron chi connectivity index (χ0n) is 21.8. The van der Waals surface area contributed by atoms with E-state index < -0.39 is 0 Å². The lowest BCUT2D eigenvalue weighted by molar-refractivity contribution is -0.116. The van der Waals surface area contributed by atoms with E-state index in [-0.39, 0.29) is 11.8 Å². The van der Waals surface area contributed by atoms with Crippen molar-refractivity contribution >= 4 is 17.5 Å². The van der Waals surface area contributed by atoms with Crippen LogP contribution in [0.25, 0.3) is 0 Å². The standard InChI is InChI=1S/C30H41N3O3/c1-25(34)33-20-9-5-3-2-4-8-19-32(24-27-13-6-7-16-29(27)33)30(35)26-14-12-15-28(23-26)36-22-21-31-17-10-11-18-31/h6-7,12-16,23H,2-5,8-11,17-22,24H2,1H3. The van der Waals surface area contributed by atoms with Gasteiger partial charge in [-0.05, 0) is 68.6 Å². The maximum Gasteiger partial charge on any atom is 0.254 e. The Hall–Kier alpha value is -2.86. The molecule has 6 nitrogen and oxygen atoms in total. The highest BCUT2D eigenvalue weighted by molar-refractivity contribution is 5.95. The lowest BCUT2D eigenvalue weighted by Gasteiger charge is -2.28. The Balaban J connectivity index is 1.51. The van der Waals surface area contributed by atoms with E-state index in [0.29, 0.717) is 25.3 Å². The van der Waals surface area contributed by atoms with E-state index in [1.807, 2.05) is 58.3 Å². The zero-order chi connectivity index (χ0) is 25.2. The molecule has 2 heterocycles. The van der Waals surface area contributed by atoms with E-state index >= 15 is 0 Å². The topological polar surface area (TPSA) is 53.1 Å². The molecular weight excluding hydrogens is 450 g/mol. The molecule has 0 atom stereocenters. The van der Waals surface area contributed by atoms with Crippen LogP contribution in [-0.4, -0.2) is 60.9 Å². The van der Waals surface area contributed by atoms with Gasteiger partial charge in [0.25, 0.3) is 5.91 Å². The quantitative estimate of drug-likeness (QED) is 0.553. The second-order valence-electron chi connectivity index (χ2n) is 10.1. The van der Waals surface area contributed by atoms with Crippen molar-refractivity contribution in [3.63, 3.8) is 0 Å². The normalized spacial score (nSPS) is 18.0. The van der Waals surface area contributed by atoms with Gasteiger partial charge in [0.15, 0.2) is 0 Å². The molecule has 0 aliphatic carbocycles. The van der Waals surface area contributed by atoms with E-state index in [9.17, 15) is 9.59 Å². The number of nitrogens with zero attached hydrogens (tertiary/aromatic N) is 3. The summed E-state index contributed by atoms with van der Waals surface area (Å²) in [7, 11) is 0. The minimum atomic E-state index is 0.0130. The van der Waals surface area contributed by atoms with Crippen LogP contribution >= 0.6 is 0 Å². The van der Waals surface area contributed by atoms with Gasteiger partial charge in [-0.3, -0.25) is 14.5 Å².